The van der Waals surface area contributed by atoms with Crippen LogP contribution in [0, 0.1) is 0 Å². The van der Waals surface area contributed by atoms with Crippen LogP contribution in [0.25, 0.3) is 0 Å². The first-order valence-electron chi connectivity index (χ1n) is 8.46. The number of hydrogen-bond donors (Lipinski definition) is 0. The highest BCUT2D eigenvalue weighted by molar-refractivity contribution is 8.16. The summed E-state index contributed by atoms with van der Waals surface area (Å²) in [4.78, 5) is 18.8. The minimum absolute atomic E-state index is 0.0429. The van der Waals surface area contributed by atoms with Gasteiger partial charge in [-0.2, -0.15) is 4.99 Å². The van der Waals surface area contributed by atoms with E-state index in [1.54, 1.807) is 31.4 Å². The molecule has 2 heterocycles. The Kier molecular flexibility index (Phi) is 4.69. The Labute approximate surface area is 162 Å². The molecule has 1 amide bonds. The lowest BCUT2D eigenvalue weighted by Gasteiger charge is -2.26. The fraction of sp³-hybridized carbons (Fsp3) is 0.263. The Balaban J connectivity index is 1.77. The molecule has 0 radical (unpaired) electrons. The predicted octanol–water partition coefficient (Wildman–Crippen LogP) is 2.61. The lowest BCUT2D eigenvalue weighted by Crippen LogP contribution is -2.38. The van der Waals surface area contributed by atoms with Crippen molar-refractivity contribution in [3.63, 3.8) is 0 Å². The number of hydrogen-bond acceptors (Lipinski definition) is 5. The van der Waals surface area contributed by atoms with Gasteiger partial charge in [-0.25, -0.2) is 8.42 Å². The molecule has 2 aromatic rings. The molecule has 0 spiro atoms. The first-order valence-corrected chi connectivity index (χ1v) is 11.2. The van der Waals surface area contributed by atoms with E-state index in [1.165, 1.54) is 11.8 Å². The number of carbonyl (C=O) groups excluding carboxylic acids is 1. The molecule has 140 valence electrons. The number of ether oxygens (including phenoxy) is 1. The summed E-state index contributed by atoms with van der Waals surface area (Å²) in [6.07, 6.45) is 0. The molecule has 2 aromatic carbocycles. The van der Waals surface area contributed by atoms with Gasteiger partial charge in [0.1, 0.15) is 5.75 Å². The van der Waals surface area contributed by atoms with Gasteiger partial charge in [-0.1, -0.05) is 42.1 Å². The van der Waals surface area contributed by atoms with Crippen molar-refractivity contribution in [3.8, 4) is 5.75 Å². The number of fused-ring (bicyclic) bond motifs is 1. The van der Waals surface area contributed by atoms with Crippen molar-refractivity contribution in [3.05, 3.63) is 60.2 Å². The summed E-state index contributed by atoms with van der Waals surface area (Å²) in [7, 11) is -1.55. The summed E-state index contributed by atoms with van der Waals surface area (Å²) in [6, 6.07) is 15.9. The van der Waals surface area contributed by atoms with Gasteiger partial charge in [0.05, 0.1) is 30.3 Å². The van der Waals surface area contributed by atoms with E-state index in [2.05, 4.69) is 4.99 Å². The van der Waals surface area contributed by atoms with Crippen molar-refractivity contribution in [1.29, 1.82) is 0 Å². The van der Waals surface area contributed by atoms with Gasteiger partial charge < -0.3 is 9.64 Å². The third-order valence-electron chi connectivity index (χ3n) is 4.63. The van der Waals surface area contributed by atoms with Crippen molar-refractivity contribution >= 4 is 38.4 Å². The number of amides is 1. The average Bonchev–Trinajstić information content (AvgIpc) is 3.13. The van der Waals surface area contributed by atoms with E-state index >= 15 is 0 Å². The number of rotatable bonds is 3. The number of sulfone groups is 1. The Bertz CT molecular complexity index is 1010. The third kappa shape index (κ3) is 3.46. The van der Waals surface area contributed by atoms with E-state index in [-0.39, 0.29) is 28.7 Å². The van der Waals surface area contributed by atoms with E-state index in [4.69, 9.17) is 4.74 Å². The Morgan fingerprint density at radius 2 is 1.81 bits per heavy atom. The molecule has 0 bridgehead atoms. The van der Waals surface area contributed by atoms with Gasteiger partial charge in [0, 0.05) is 10.8 Å². The van der Waals surface area contributed by atoms with Crippen molar-refractivity contribution in [2.45, 2.75) is 11.3 Å². The predicted molar refractivity (Wildman–Crippen MR) is 108 cm³/mol. The SMILES string of the molecule is COc1ccccc1N1C(=NC(=O)c2ccccc2)S[C@H]2CS(=O)(=O)C[C@H]21. The van der Waals surface area contributed by atoms with E-state index in [0.717, 1.165) is 5.69 Å². The number of anilines is 1. The van der Waals surface area contributed by atoms with Gasteiger partial charge in [-0.15, -0.1) is 0 Å². The van der Waals surface area contributed by atoms with E-state index in [1.807, 2.05) is 35.2 Å². The fourth-order valence-electron chi connectivity index (χ4n) is 3.41. The van der Waals surface area contributed by atoms with Gasteiger partial charge in [0.25, 0.3) is 5.91 Å². The molecule has 0 aromatic heterocycles. The lowest BCUT2D eigenvalue weighted by molar-refractivity contribution is 0.100. The maximum atomic E-state index is 12.6. The maximum absolute atomic E-state index is 12.6. The van der Waals surface area contributed by atoms with Crippen LogP contribution in [0.4, 0.5) is 5.69 Å². The number of thioether (sulfide) groups is 1. The molecule has 8 heteroatoms. The summed E-state index contributed by atoms with van der Waals surface area (Å²) in [5, 5.41) is 0.362. The standard InChI is InChI=1S/C19H18N2O4S2/c1-25-16-10-6-5-9-14(16)21-15-11-27(23,24)12-17(15)26-19(21)20-18(22)13-7-3-2-4-8-13/h2-10,15,17H,11-12H2,1H3/t15-,17+/m1/s1. The van der Waals surface area contributed by atoms with Crippen molar-refractivity contribution in [1.82, 2.24) is 0 Å². The van der Waals surface area contributed by atoms with Crippen LogP contribution in [-0.4, -0.2) is 49.4 Å². The van der Waals surface area contributed by atoms with Gasteiger partial charge >= 0.3 is 0 Å². The van der Waals surface area contributed by atoms with Crippen LogP contribution in [0.15, 0.2) is 59.6 Å². The van der Waals surface area contributed by atoms with Gasteiger partial charge in [0.2, 0.25) is 0 Å². The molecule has 6 nitrogen and oxygen atoms in total. The lowest BCUT2D eigenvalue weighted by atomic mass is 10.2. The van der Waals surface area contributed by atoms with E-state index < -0.39 is 9.84 Å². The van der Waals surface area contributed by atoms with Crippen molar-refractivity contribution in [2.75, 3.05) is 23.5 Å². The average molecular weight is 402 g/mol. The van der Waals surface area contributed by atoms with Crippen LogP contribution in [0.1, 0.15) is 10.4 Å². The normalized spacial score (nSPS) is 24.8. The number of amidine groups is 1. The second kappa shape index (κ2) is 7.01. The summed E-state index contributed by atoms with van der Waals surface area (Å²) in [5.74, 6) is 0.400. The Hall–Kier alpha value is -2.32. The number of nitrogens with zero attached hydrogens (tertiary/aromatic N) is 2. The summed E-state index contributed by atoms with van der Waals surface area (Å²) < 4.78 is 29.8. The number of carbonyl (C=O) groups is 1. The number of para-hydroxylation sites is 2. The molecule has 2 saturated heterocycles. The maximum Gasteiger partial charge on any atom is 0.279 e. The number of aliphatic imine (C=N–C) groups is 1. The molecule has 0 N–H and O–H groups in total. The Morgan fingerprint density at radius 1 is 1.11 bits per heavy atom. The van der Waals surface area contributed by atoms with Crippen LogP contribution < -0.4 is 9.64 Å². The summed E-state index contributed by atoms with van der Waals surface area (Å²) in [5.41, 5.74) is 1.21. The molecule has 2 fully saturated rings. The van der Waals surface area contributed by atoms with Crippen LogP contribution in [0.3, 0.4) is 0 Å². The monoisotopic (exact) mass is 402 g/mol. The summed E-state index contributed by atoms with van der Waals surface area (Å²) >= 11 is 1.35. The molecule has 0 saturated carbocycles. The topological polar surface area (TPSA) is 76.0 Å². The minimum atomic E-state index is -3.11. The molecule has 27 heavy (non-hydrogen) atoms. The van der Waals surface area contributed by atoms with Crippen LogP contribution >= 0.6 is 11.8 Å². The second-order valence-electron chi connectivity index (χ2n) is 6.41. The largest absolute Gasteiger partial charge is 0.495 e. The van der Waals surface area contributed by atoms with Crippen molar-refractivity contribution in [2.24, 2.45) is 4.99 Å². The number of methoxy groups -OCH3 is 1. The first-order chi connectivity index (χ1) is 13.0. The van der Waals surface area contributed by atoms with Gasteiger partial charge in [-0.05, 0) is 24.3 Å². The van der Waals surface area contributed by atoms with E-state index in [0.29, 0.717) is 16.5 Å². The Morgan fingerprint density at radius 3 is 2.56 bits per heavy atom. The van der Waals surface area contributed by atoms with Gasteiger partial charge in [0.15, 0.2) is 15.0 Å². The molecule has 0 unspecified atom stereocenters. The highest BCUT2D eigenvalue weighted by Gasteiger charge is 2.50. The summed E-state index contributed by atoms with van der Waals surface area (Å²) in [6.45, 7) is 0. The molecular formula is C19H18N2O4S2. The second-order valence-corrected chi connectivity index (χ2v) is 9.77. The third-order valence-corrected chi connectivity index (χ3v) is 7.84. The molecule has 4 rings (SSSR count). The first kappa shape index (κ1) is 18.1. The molecule has 0 aliphatic carbocycles. The zero-order chi connectivity index (χ0) is 19.0. The van der Waals surface area contributed by atoms with Gasteiger partial charge in [-0.3, -0.25) is 4.79 Å². The fourth-order valence-corrected chi connectivity index (χ4v) is 7.31. The molecule has 2 aliphatic heterocycles. The zero-order valence-corrected chi connectivity index (χ0v) is 16.2. The van der Waals surface area contributed by atoms with E-state index in [9.17, 15) is 13.2 Å². The van der Waals surface area contributed by atoms with Crippen LogP contribution in [-0.2, 0) is 9.84 Å². The number of benzene rings is 2. The smallest absolute Gasteiger partial charge is 0.279 e. The highest BCUT2D eigenvalue weighted by atomic mass is 32.2. The molecule has 2 atom stereocenters. The van der Waals surface area contributed by atoms with Crippen LogP contribution in [0.2, 0.25) is 0 Å². The zero-order valence-electron chi connectivity index (χ0n) is 14.6. The molecular weight excluding hydrogens is 384 g/mol. The van der Waals surface area contributed by atoms with Crippen molar-refractivity contribution < 1.29 is 17.9 Å². The minimum Gasteiger partial charge on any atom is -0.495 e. The van der Waals surface area contributed by atoms with Crippen LogP contribution in [0.5, 0.6) is 5.75 Å². The highest BCUT2D eigenvalue weighted by Crippen LogP contribution is 2.43. The molecule has 2 aliphatic rings. The quantitative estimate of drug-likeness (QED) is 0.786.